The summed E-state index contributed by atoms with van der Waals surface area (Å²) in [5, 5.41) is 9.53. The second kappa shape index (κ2) is 5.53. The lowest BCUT2D eigenvalue weighted by Crippen LogP contribution is -2.27. The molecule has 4 nitrogen and oxygen atoms in total. The summed E-state index contributed by atoms with van der Waals surface area (Å²) in [5.74, 6) is 0. The fourth-order valence-electron chi connectivity index (χ4n) is 3.22. The lowest BCUT2D eigenvalue weighted by Gasteiger charge is -2.21. The summed E-state index contributed by atoms with van der Waals surface area (Å²) in [6.07, 6.45) is -1.21. The zero-order valence-corrected chi connectivity index (χ0v) is 13.5. The van der Waals surface area contributed by atoms with Gasteiger partial charge < -0.3 is 14.6 Å². The monoisotopic (exact) mass is 330 g/mol. The Morgan fingerprint density at radius 1 is 1.13 bits per heavy atom. The van der Waals surface area contributed by atoms with Crippen LogP contribution in [0.15, 0.2) is 59.5 Å². The Labute approximate surface area is 137 Å². The number of aryl methyl sites for hydroxylation is 1. The molecule has 2 aliphatic heterocycles. The van der Waals surface area contributed by atoms with E-state index in [1.165, 1.54) is 0 Å². The van der Waals surface area contributed by atoms with E-state index in [0.29, 0.717) is 0 Å². The molecule has 1 N–H and O–H groups in total. The van der Waals surface area contributed by atoms with Gasteiger partial charge in [0.05, 0.1) is 17.4 Å². The third kappa shape index (κ3) is 2.27. The van der Waals surface area contributed by atoms with E-state index < -0.39 is 27.9 Å². The lowest BCUT2D eigenvalue weighted by atomic mass is 10.1. The van der Waals surface area contributed by atoms with Gasteiger partial charge in [-0.1, -0.05) is 48.0 Å². The molecule has 0 bridgehead atoms. The summed E-state index contributed by atoms with van der Waals surface area (Å²) >= 11 is 0. The van der Waals surface area contributed by atoms with Gasteiger partial charge in [-0.2, -0.15) is 0 Å². The van der Waals surface area contributed by atoms with Gasteiger partial charge in [-0.3, -0.25) is 4.21 Å². The van der Waals surface area contributed by atoms with Crippen LogP contribution in [0.4, 0.5) is 0 Å². The molecule has 120 valence electrons. The van der Waals surface area contributed by atoms with Crippen molar-refractivity contribution in [3.63, 3.8) is 0 Å². The number of hydrogen-bond acceptors (Lipinski definition) is 4. The zero-order chi connectivity index (χ0) is 16.0. The molecule has 23 heavy (non-hydrogen) atoms. The quantitative estimate of drug-likeness (QED) is 0.874. The van der Waals surface area contributed by atoms with E-state index in [9.17, 15) is 9.32 Å². The Morgan fingerprint density at radius 2 is 1.83 bits per heavy atom. The number of ether oxygens (including phenoxy) is 2. The highest BCUT2D eigenvalue weighted by Gasteiger charge is 2.75. The maximum atomic E-state index is 13.2. The van der Waals surface area contributed by atoms with Crippen molar-refractivity contribution in [2.24, 2.45) is 0 Å². The molecule has 0 spiro atoms. The van der Waals surface area contributed by atoms with Gasteiger partial charge in [-0.05, 0) is 24.6 Å². The van der Waals surface area contributed by atoms with Gasteiger partial charge in [0.2, 0.25) is 4.93 Å². The second-order valence-corrected chi connectivity index (χ2v) is 7.64. The van der Waals surface area contributed by atoms with E-state index in [2.05, 4.69) is 0 Å². The van der Waals surface area contributed by atoms with Crippen LogP contribution in [0.2, 0.25) is 0 Å². The first-order valence-electron chi connectivity index (χ1n) is 7.64. The van der Waals surface area contributed by atoms with Crippen LogP contribution in [0.25, 0.3) is 0 Å². The van der Waals surface area contributed by atoms with Crippen molar-refractivity contribution in [3.8, 4) is 0 Å². The highest BCUT2D eigenvalue weighted by Crippen LogP contribution is 2.60. The number of hydrogen-bond donors (Lipinski definition) is 1. The molecule has 2 heterocycles. The smallest absolute Gasteiger partial charge is 0.206 e. The Hall–Kier alpha value is -1.53. The number of benzene rings is 2. The fraction of sp³-hybridized carbons (Fsp3) is 0.333. The van der Waals surface area contributed by atoms with Crippen molar-refractivity contribution in [1.29, 1.82) is 0 Å². The number of fused-ring (bicyclic) bond motifs is 1. The minimum absolute atomic E-state index is 0.138. The van der Waals surface area contributed by atoms with E-state index in [0.717, 1.165) is 16.0 Å². The predicted octanol–water partition coefficient (Wildman–Crippen LogP) is 2.33. The van der Waals surface area contributed by atoms with E-state index in [-0.39, 0.29) is 12.7 Å². The molecular formula is C18H18O4S. The molecule has 2 saturated heterocycles. The van der Waals surface area contributed by atoms with Crippen molar-refractivity contribution < 1.29 is 18.8 Å². The van der Waals surface area contributed by atoms with Crippen LogP contribution in [0, 0.1) is 6.92 Å². The molecule has 2 aliphatic rings. The molecule has 2 fully saturated rings. The molecular weight excluding hydrogens is 312 g/mol. The van der Waals surface area contributed by atoms with Crippen LogP contribution in [0.5, 0.6) is 0 Å². The minimum Gasteiger partial charge on any atom is -0.394 e. The molecule has 0 aromatic heterocycles. The molecule has 1 unspecified atom stereocenters. The van der Waals surface area contributed by atoms with Crippen LogP contribution < -0.4 is 0 Å². The Morgan fingerprint density at radius 3 is 2.48 bits per heavy atom. The average molecular weight is 330 g/mol. The summed E-state index contributed by atoms with van der Waals surface area (Å²) in [4.78, 5) is -0.175. The van der Waals surface area contributed by atoms with E-state index in [1.807, 2.05) is 61.5 Å². The second-order valence-electron chi connectivity index (χ2n) is 5.99. The first-order valence-corrected chi connectivity index (χ1v) is 8.79. The molecule has 5 atom stereocenters. The summed E-state index contributed by atoms with van der Waals surface area (Å²) in [6.45, 7) is 1.86. The normalized spacial score (nSPS) is 33.2. The van der Waals surface area contributed by atoms with Crippen molar-refractivity contribution in [3.05, 3.63) is 65.7 Å². The summed E-state index contributed by atoms with van der Waals surface area (Å²) in [7, 11) is -1.37. The topological polar surface area (TPSA) is 59.1 Å². The average Bonchev–Trinajstić information content (AvgIpc) is 3.25. The number of rotatable bonds is 4. The third-order valence-electron chi connectivity index (χ3n) is 4.47. The number of aliphatic hydroxyl groups excluding tert-OH is 1. The lowest BCUT2D eigenvalue weighted by molar-refractivity contribution is -0.0583. The van der Waals surface area contributed by atoms with Crippen LogP contribution in [0.3, 0.4) is 0 Å². The van der Waals surface area contributed by atoms with E-state index in [4.69, 9.17) is 9.47 Å². The summed E-state index contributed by atoms with van der Waals surface area (Å²) in [5.41, 5.74) is 2.04. The van der Waals surface area contributed by atoms with Crippen LogP contribution >= 0.6 is 0 Å². The molecule has 0 aliphatic carbocycles. The zero-order valence-electron chi connectivity index (χ0n) is 12.7. The van der Waals surface area contributed by atoms with E-state index >= 15 is 0 Å². The predicted molar refractivity (Wildman–Crippen MR) is 86.3 cm³/mol. The van der Waals surface area contributed by atoms with Crippen molar-refractivity contribution in [1.82, 2.24) is 0 Å². The van der Waals surface area contributed by atoms with E-state index in [1.54, 1.807) is 0 Å². The van der Waals surface area contributed by atoms with Gasteiger partial charge in [-0.25, -0.2) is 0 Å². The third-order valence-corrected chi connectivity index (χ3v) is 6.29. The molecule has 5 heteroatoms. The SMILES string of the molecule is Cc1ccc(S(=O)[C@@]23O[C@@H]2[C@@H](CO)O[C@H]3c2ccccc2)cc1. The van der Waals surface area contributed by atoms with Gasteiger partial charge in [-0.15, -0.1) is 0 Å². The summed E-state index contributed by atoms with van der Waals surface area (Å²) < 4.78 is 25.0. The van der Waals surface area contributed by atoms with Crippen molar-refractivity contribution in [2.45, 2.75) is 35.1 Å². The largest absolute Gasteiger partial charge is 0.394 e. The standard InChI is InChI=1S/C18H18O4S/c1-12-7-9-14(10-8-12)23(20)18-16(13-5-3-2-4-6-13)21-15(11-19)17(18)22-18/h2-10,15-17,19H,11H2,1H3/t15-,16+,17-,18-,23?/m1/s1. The first-order chi connectivity index (χ1) is 11.2. The molecule has 2 aromatic rings. The van der Waals surface area contributed by atoms with Crippen LogP contribution in [0.1, 0.15) is 17.2 Å². The molecule has 0 saturated carbocycles. The highest BCUT2D eigenvalue weighted by atomic mass is 32.2. The minimum atomic E-state index is -1.37. The van der Waals surface area contributed by atoms with Gasteiger partial charge in [0.25, 0.3) is 0 Å². The van der Waals surface area contributed by atoms with Crippen molar-refractivity contribution in [2.75, 3.05) is 6.61 Å². The Bertz CT molecular complexity index is 730. The van der Waals surface area contributed by atoms with Gasteiger partial charge in [0, 0.05) is 4.90 Å². The van der Waals surface area contributed by atoms with Crippen LogP contribution in [-0.2, 0) is 20.3 Å². The summed E-state index contributed by atoms with van der Waals surface area (Å²) in [6, 6.07) is 17.3. The maximum absolute atomic E-state index is 13.2. The van der Waals surface area contributed by atoms with Gasteiger partial charge in [0.15, 0.2) is 0 Å². The fourth-order valence-corrected chi connectivity index (χ4v) is 4.91. The Kier molecular flexibility index (Phi) is 3.61. The van der Waals surface area contributed by atoms with Crippen molar-refractivity contribution >= 4 is 10.8 Å². The Balaban J connectivity index is 1.73. The molecule has 2 aromatic carbocycles. The molecule has 0 radical (unpaired) electrons. The highest BCUT2D eigenvalue weighted by molar-refractivity contribution is 7.86. The van der Waals surface area contributed by atoms with Crippen LogP contribution in [-0.4, -0.2) is 33.1 Å². The van der Waals surface area contributed by atoms with Gasteiger partial charge in [0.1, 0.15) is 18.3 Å². The number of epoxide rings is 1. The first kappa shape index (κ1) is 15.0. The maximum Gasteiger partial charge on any atom is 0.206 e. The van der Waals surface area contributed by atoms with Gasteiger partial charge >= 0.3 is 0 Å². The molecule has 0 amide bonds. The molecule has 4 rings (SSSR count). The number of aliphatic hydroxyl groups is 1.